The molecule has 0 aliphatic carbocycles. The Balaban J connectivity index is 2.29. The monoisotopic (exact) mass is 263 g/mol. The Labute approximate surface area is 116 Å². The van der Waals surface area contributed by atoms with Gasteiger partial charge < -0.3 is 16.0 Å². The van der Waals surface area contributed by atoms with Crippen LogP contribution in [0, 0.1) is 0 Å². The number of rotatable bonds is 6. The van der Waals surface area contributed by atoms with Gasteiger partial charge in [-0.2, -0.15) is 0 Å². The average Bonchev–Trinajstić information content (AvgIpc) is 2.37. The van der Waals surface area contributed by atoms with Crippen LogP contribution in [-0.2, 0) is 6.54 Å². The summed E-state index contributed by atoms with van der Waals surface area (Å²) < 4.78 is 0. The summed E-state index contributed by atoms with van der Waals surface area (Å²) in [6.45, 7) is 9.16. The second kappa shape index (κ2) is 7.26. The largest absolute Gasteiger partial charge is 0.355 e. The van der Waals surface area contributed by atoms with Crippen molar-refractivity contribution in [3.63, 3.8) is 0 Å². The molecule has 0 aromatic heterocycles. The molecule has 0 aliphatic rings. The molecule has 0 saturated carbocycles. The summed E-state index contributed by atoms with van der Waals surface area (Å²) in [4.78, 5) is 11.4. The van der Waals surface area contributed by atoms with Gasteiger partial charge in [0.1, 0.15) is 0 Å². The predicted octanol–water partition coefficient (Wildman–Crippen LogP) is 1.52. The minimum atomic E-state index is -0.0473. The van der Waals surface area contributed by atoms with Crippen LogP contribution in [-0.4, -0.2) is 31.6 Å². The molecule has 1 amide bonds. The topological polar surface area (TPSA) is 53.2 Å². The van der Waals surface area contributed by atoms with Gasteiger partial charge >= 0.3 is 0 Å². The molecule has 0 saturated heterocycles. The predicted molar refractivity (Wildman–Crippen MR) is 79.3 cm³/mol. The Kier molecular flexibility index (Phi) is 5.99. The normalized spacial score (nSPS) is 11.4. The third-order valence-corrected chi connectivity index (χ3v) is 2.73. The Morgan fingerprint density at radius 3 is 2.26 bits per heavy atom. The van der Waals surface area contributed by atoms with Gasteiger partial charge in [0.25, 0.3) is 5.91 Å². The standard InChI is InChI=1S/C15H25N3O/c1-15(2,3)18-10-9-17-11-12-5-7-13(8-6-12)14(19)16-4/h5-8,17-18H,9-11H2,1-4H3,(H,16,19). The van der Waals surface area contributed by atoms with Gasteiger partial charge in [-0.25, -0.2) is 0 Å². The van der Waals surface area contributed by atoms with Crippen LogP contribution < -0.4 is 16.0 Å². The lowest BCUT2D eigenvalue weighted by Crippen LogP contribution is -2.40. The molecule has 0 atom stereocenters. The zero-order valence-corrected chi connectivity index (χ0v) is 12.3. The van der Waals surface area contributed by atoms with E-state index in [2.05, 4.69) is 36.7 Å². The van der Waals surface area contributed by atoms with Gasteiger partial charge in [-0.15, -0.1) is 0 Å². The molecular weight excluding hydrogens is 238 g/mol. The van der Waals surface area contributed by atoms with Crippen LogP contribution in [0.3, 0.4) is 0 Å². The summed E-state index contributed by atoms with van der Waals surface area (Å²) in [7, 11) is 1.64. The van der Waals surface area contributed by atoms with E-state index in [0.717, 1.165) is 19.6 Å². The maximum Gasteiger partial charge on any atom is 0.251 e. The number of carbonyl (C=O) groups excluding carboxylic acids is 1. The molecule has 106 valence electrons. The van der Waals surface area contributed by atoms with Crippen molar-refractivity contribution in [1.82, 2.24) is 16.0 Å². The van der Waals surface area contributed by atoms with E-state index >= 15 is 0 Å². The van der Waals surface area contributed by atoms with Gasteiger partial charge in [-0.1, -0.05) is 12.1 Å². The number of hydrogen-bond acceptors (Lipinski definition) is 3. The van der Waals surface area contributed by atoms with E-state index in [1.165, 1.54) is 5.56 Å². The minimum absolute atomic E-state index is 0.0473. The molecule has 0 heterocycles. The lowest BCUT2D eigenvalue weighted by atomic mass is 10.1. The Hall–Kier alpha value is -1.39. The molecule has 1 rings (SSSR count). The molecule has 0 bridgehead atoms. The Morgan fingerprint density at radius 2 is 1.74 bits per heavy atom. The van der Waals surface area contributed by atoms with E-state index in [4.69, 9.17) is 0 Å². The maximum atomic E-state index is 11.4. The van der Waals surface area contributed by atoms with E-state index in [1.807, 2.05) is 24.3 Å². The first kappa shape index (κ1) is 15.7. The van der Waals surface area contributed by atoms with Crippen molar-refractivity contribution >= 4 is 5.91 Å². The first-order valence-electron chi connectivity index (χ1n) is 6.69. The van der Waals surface area contributed by atoms with E-state index in [1.54, 1.807) is 7.05 Å². The van der Waals surface area contributed by atoms with Gasteiger partial charge in [-0.05, 0) is 38.5 Å². The van der Waals surface area contributed by atoms with Crippen LogP contribution in [0.4, 0.5) is 0 Å². The minimum Gasteiger partial charge on any atom is -0.355 e. The number of benzene rings is 1. The third-order valence-electron chi connectivity index (χ3n) is 2.73. The number of amides is 1. The van der Waals surface area contributed by atoms with Crippen molar-refractivity contribution in [3.05, 3.63) is 35.4 Å². The van der Waals surface area contributed by atoms with Gasteiger partial charge in [0.2, 0.25) is 0 Å². The number of hydrogen-bond donors (Lipinski definition) is 3. The second-order valence-corrected chi connectivity index (χ2v) is 5.63. The average molecular weight is 263 g/mol. The van der Waals surface area contributed by atoms with E-state index < -0.39 is 0 Å². The molecule has 0 radical (unpaired) electrons. The zero-order chi connectivity index (χ0) is 14.3. The lowest BCUT2D eigenvalue weighted by Gasteiger charge is -2.20. The van der Waals surface area contributed by atoms with E-state index in [0.29, 0.717) is 5.56 Å². The van der Waals surface area contributed by atoms with Crippen molar-refractivity contribution in [1.29, 1.82) is 0 Å². The Bertz CT molecular complexity index is 393. The van der Waals surface area contributed by atoms with Crippen LogP contribution in [0.15, 0.2) is 24.3 Å². The lowest BCUT2D eigenvalue weighted by molar-refractivity contribution is 0.0963. The van der Waals surface area contributed by atoms with E-state index in [9.17, 15) is 4.79 Å². The SMILES string of the molecule is CNC(=O)c1ccc(CNCCNC(C)(C)C)cc1. The van der Waals surface area contributed by atoms with Crippen molar-refractivity contribution in [2.75, 3.05) is 20.1 Å². The Morgan fingerprint density at radius 1 is 1.11 bits per heavy atom. The molecule has 4 heteroatoms. The first-order chi connectivity index (χ1) is 8.92. The highest BCUT2D eigenvalue weighted by Crippen LogP contribution is 2.04. The summed E-state index contributed by atoms with van der Waals surface area (Å²) in [6, 6.07) is 7.66. The summed E-state index contributed by atoms with van der Waals surface area (Å²) >= 11 is 0. The molecule has 0 fully saturated rings. The first-order valence-corrected chi connectivity index (χ1v) is 6.69. The molecule has 3 N–H and O–H groups in total. The highest BCUT2D eigenvalue weighted by molar-refractivity contribution is 5.93. The smallest absolute Gasteiger partial charge is 0.251 e. The summed E-state index contributed by atoms with van der Waals surface area (Å²) in [5.74, 6) is -0.0473. The molecule has 19 heavy (non-hydrogen) atoms. The summed E-state index contributed by atoms with van der Waals surface area (Å²) in [5.41, 5.74) is 2.04. The van der Waals surface area contributed by atoms with Gasteiger partial charge in [-0.3, -0.25) is 4.79 Å². The van der Waals surface area contributed by atoms with Crippen LogP contribution >= 0.6 is 0 Å². The fourth-order valence-electron chi connectivity index (χ4n) is 1.68. The molecule has 4 nitrogen and oxygen atoms in total. The molecule has 1 aromatic carbocycles. The summed E-state index contributed by atoms with van der Waals surface area (Å²) in [6.07, 6.45) is 0. The maximum absolute atomic E-state index is 11.4. The van der Waals surface area contributed by atoms with Crippen LogP contribution in [0.2, 0.25) is 0 Å². The van der Waals surface area contributed by atoms with Crippen LogP contribution in [0.5, 0.6) is 0 Å². The van der Waals surface area contributed by atoms with Crippen molar-refractivity contribution in [3.8, 4) is 0 Å². The number of carbonyl (C=O) groups is 1. The molecule has 0 unspecified atom stereocenters. The third kappa shape index (κ3) is 6.36. The second-order valence-electron chi connectivity index (χ2n) is 5.63. The fourth-order valence-corrected chi connectivity index (χ4v) is 1.68. The fraction of sp³-hybridized carbons (Fsp3) is 0.533. The molecule has 1 aromatic rings. The van der Waals surface area contributed by atoms with E-state index in [-0.39, 0.29) is 11.4 Å². The molecular formula is C15H25N3O. The van der Waals surface area contributed by atoms with Gasteiger partial charge in [0.15, 0.2) is 0 Å². The molecule has 0 spiro atoms. The van der Waals surface area contributed by atoms with Crippen LogP contribution in [0.1, 0.15) is 36.7 Å². The number of nitrogens with one attached hydrogen (secondary N) is 3. The summed E-state index contributed by atoms with van der Waals surface area (Å²) in [5, 5.41) is 9.41. The zero-order valence-electron chi connectivity index (χ0n) is 12.3. The quantitative estimate of drug-likeness (QED) is 0.682. The van der Waals surface area contributed by atoms with Crippen molar-refractivity contribution < 1.29 is 4.79 Å². The van der Waals surface area contributed by atoms with Gasteiger partial charge in [0.05, 0.1) is 0 Å². The van der Waals surface area contributed by atoms with Crippen LogP contribution in [0.25, 0.3) is 0 Å². The van der Waals surface area contributed by atoms with Crippen molar-refractivity contribution in [2.24, 2.45) is 0 Å². The van der Waals surface area contributed by atoms with Gasteiger partial charge in [0, 0.05) is 37.8 Å². The highest BCUT2D eigenvalue weighted by Gasteiger charge is 2.07. The van der Waals surface area contributed by atoms with Crippen molar-refractivity contribution in [2.45, 2.75) is 32.9 Å². The highest BCUT2D eigenvalue weighted by atomic mass is 16.1. The molecule has 0 aliphatic heterocycles.